The van der Waals surface area contributed by atoms with Crippen LogP contribution in [0.3, 0.4) is 0 Å². The topological polar surface area (TPSA) is 46.5 Å². The number of aliphatic carboxylic acids is 1. The van der Waals surface area contributed by atoms with E-state index in [0.717, 1.165) is 38.8 Å². The molecule has 0 aliphatic heterocycles. The monoisotopic (exact) mass is 320 g/mol. The number of carbonyl (C=O) groups is 1. The van der Waals surface area contributed by atoms with Crippen LogP contribution < -0.4 is 4.74 Å². The number of ether oxygens (including phenoxy) is 1. The first-order valence-corrected chi connectivity index (χ1v) is 7.88. The Hall–Kier alpha value is -2.81. The van der Waals surface area contributed by atoms with E-state index in [4.69, 9.17) is 9.84 Å². The third-order valence-electron chi connectivity index (χ3n) is 4.32. The molecular weight excluding hydrogens is 300 g/mol. The fourth-order valence-corrected chi connectivity index (χ4v) is 3.15. The van der Waals surface area contributed by atoms with Crippen molar-refractivity contribution >= 4 is 16.7 Å². The predicted octanol–water partition coefficient (Wildman–Crippen LogP) is 4.76. The van der Waals surface area contributed by atoms with Crippen LogP contribution in [0, 0.1) is 13.8 Å². The quantitative estimate of drug-likeness (QED) is 0.754. The Morgan fingerprint density at radius 2 is 1.79 bits per heavy atom. The lowest BCUT2D eigenvalue weighted by atomic mass is 9.94. The molecule has 0 heterocycles. The lowest BCUT2D eigenvalue weighted by Gasteiger charge is -2.11. The molecule has 3 rings (SSSR count). The van der Waals surface area contributed by atoms with Gasteiger partial charge >= 0.3 is 5.97 Å². The van der Waals surface area contributed by atoms with Gasteiger partial charge in [-0.05, 0) is 70.6 Å². The Balaban J connectivity index is 2.09. The fraction of sp³-hybridized carbons (Fsp3) is 0.190. The number of hydrogen-bond donors (Lipinski definition) is 1. The van der Waals surface area contributed by atoms with Crippen LogP contribution in [0.5, 0.6) is 5.75 Å². The van der Waals surface area contributed by atoms with E-state index in [2.05, 4.69) is 31.2 Å². The number of rotatable bonds is 4. The Bertz CT molecular complexity index is 926. The molecule has 0 amide bonds. The van der Waals surface area contributed by atoms with Crippen LogP contribution in [-0.4, -0.2) is 18.2 Å². The van der Waals surface area contributed by atoms with Crippen molar-refractivity contribution in [3.8, 4) is 16.9 Å². The largest absolute Gasteiger partial charge is 0.497 e. The molecule has 0 fully saturated rings. The standard InChI is InChI=1S/C21H20O3/c1-13-8-15(11-21(22)23)10-16-4-5-17(12-20(13)16)19-7-6-18(24-3)9-14(19)2/h4-10,12H,11H2,1-3H3,(H,22,23). The van der Waals surface area contributed by atoms with E-state index < -0.39 is 5.97 Å². The Morgan fingerprint density at radius 1 is 1.00 bits per heavy atom. The number of fused-ring (bicyclic) bond motifs is 1. The lowest BCUT2D eigenvalue weighted by molar-refractivity contribution is -0.136. The number of benzene rings is 3. The van der Waals surface area contributed by atoms with E-state index in [1.165, 1.54) is 5.56 Å². The summed E-state index contributed by atoms with van der Waals surface area (Å²) in [7, 11) is 1.67. The van der Waals surface area contributed by atoms with Crippen LogP contribution in [-0.2, 0) is 11.2 Å². The van der Waals surface area contributed by atoms with Crippen LogP contribution in [0.1, 0.15) is 16.7 Å². The first kappa shape index (κ1) is 16.1. The molecule has 3 aromatic carbocycles. The van der Waals surface area contributed by atoms with Gasteiger partial charge in [-0.25, -0.2) is 0 Å². The summed E-state index contributed by atoms with van der Waals surface area (Å²) in [5, 5.41) is 11.2. The van der Waals surface area contributed by atoms with Gasteiger partial charge in [0.1, 0.15) is 5.75 Å². The summed E-state index contributed by atoms with van der Waals surface area (Å²) in [4.78, 5) is 10.9. The van der Waals surface area contributed by atoms with Gasteiger partial charge in [0.05, 0.1) is 13.5 Å². The Labute approximate surface area is 141 Å². The Kier molecular flexibility index (Phi) is 4.26. The zero-order chi connectivity index (χ0) is 17.3. The molecular formula is C21H20O3. The van der Waals surface area contributed by atoms with E-state index in [0.29, 0.717) is 0 Å². The predicted molar refractivity (Wildman–Crippen MR) is 96.7 cm³/mol. The number of aryl methyl sites for hydroxylation is 2. The van der Waals surface area contributed by atoms with Crippen molar-refractivity contribution in [3.05, 3.63) is 65.2 Å². The van der Waals surface area contributed by atoms with E-state index >= 15 is 0 Å². The van der Waals surface area contributed by atoms with Crippen molar-refractivity contribution in [3.63, 3.8) is 0 Å². The van der Waals surface area contributed by atoms with E-state index in [1.54, 1.807) is 7.11 Å². The first-order valence-electron chi connectivity index (χ1n) is 7.88. The second kappa shape index (κ2) is 6.36. The van der Waals surface area contributed by atoms with Gasteiger partial charge in [-0.15, -0.1) is 0 Å². The number of carboxylic acids is 1. The molecule has 0 atom stereocenters. The molecule has 0 saturated carbocycles. The summed E-state index contributed by atoms with van der Waals surface area (Å²) in [6.07, 6.45) is 0.0517. The van der Waals surface area contributed by atoms with Crippen LogP contribution in [0.15, 0.2) is 48.5 Å². The minimum atomic E-state index is -0.806. The molecule has 0 bridgehead atoms. The summed E-state index contributed by atoms with van der Waals surface area (Å²) in [6, 6.07) is 16.3. The van der Waals surface area contributed by atoms with Crippen molar-refractivity contribution < 1.29 is 14.6 Å². The normalized spacial score (nSPS) is 10.8. The highest BCUT2D eigenvalue weighted by molar-refractivity contribution is 5.91. The van der Waals surface area contributed by atoms with Crippen molar-refractivity contribution in [1.29, 1.82) is 0 Å². The second-order valence-corrected chi connectivity index (χ2v) is 6.10. The number of methoxy groups -OCH3 is 1. The molecule has 3 aromatic rings. The number of hydrogen-bond acceptors (Lipinski definition) is 2. The average Bonchev–Trinajstić information content (AvgIpc) is 2.54. The van der Waals surface area contributed by atoms with Gasteiger partial charge in [-0.1, -0.05) is 30.3 Å². The summed E-state index contributed by atoms with van der Waals surface area (Å²) < 4.78 is 5.27. The molecule has 3 heteroatoms. The molecule has 1 N–H and O–H groups in total. The minimum Gasteiger partial charge on any atom is -0.497 e. The van der Waals surface area contributed by atoms with Crippen molar-refractivity contribution in [2.45, 2.75) is 20.3 Å². The zero-order valence-corrected chi connectivity index (χ0v) is 14.1. The van der Waals surface area contributed by atoms with Gasteiger partial charge in [-0.2, -0.15) is 0 Å². The second-order valence-electron chi connectivity index (χ2n) is 6.10. The average molecular weight is 320 g/mol. The highest BCUT2D eigenvalue weighted by Gasteiger charge is 2.08. The highest BCUT2D eigenvalue weighted by Crippen LogP contribution is 2.31. The van der Waals surface area contributed by atoms with E-state index in [1.807, 2.05) is 31.2 Å². The maximum absolute atomic E-state index is 10.9. The van der Waals surface area contributed by atoms with E-state index in [-0.39, 0.29) is 6.42 Å². The third-order valence-corrected chi connectivity index (χ3v) is 4.32. The third kappa shape index (κ3) is 3.11. The van der Waals surface area contributed by atoms with Gasteiger partial charge in [0.15, 0.2) is 0 Å². The van der Waals surface area contributed by atoms with Crippen LogP contribution in [0.2, 0.25) is 0 Å². The maximum atomic E-state index is 10.9. The SMILES string of the molecule is COc1ccc(-c2ccc3cc(CC(=O)O)cc(C)c3c2)c(C)c1. The van der Waals surface area contributed by atoms with Gasteiger partial charge in [0.25, 0.3) is 0 Å². The molecule has 0 saturated heterocycles. The fourth-order valence-electron chi connectivity index (χ4n) is 3.15. The molecule has 24 heavy (non-hydrogen) atoms. The van der Waals surface area contributed by atoms with Crippen LogP contribution in [0.4, 0.5) is 0 Å². The lowest BCUT2D eigenvalue weighted by Crippen LogP contribution is -2.00. The molecule has 0 spiro atoms. The maximum Gasteiger partial charge on any atom is 0.307 e. The Morgan fingerprint density at radius 3 is 2.46 bits per heavy atom. The van der Waals surface area contributed by atoms with Crippen LogP contribution in [0.25, 0.3) is 21.9 Å². The van der Waals surface area contributed by atoms with Crippen molar-refractivity contribution in [2.24, 2.45) is 0 Å². The van der Waals surface area contributed by atoms with Crippen molar-refractivity contribution in [2.75, 3.05) is 7.11 Å². The minimum absolute atomic E-state index is 0.0517. The molecule has 0 unspecified atom stereocenters. The molecule has 0 aliphatic rings. The summed E-state index contributed by atoms with van der Waals surface area (Å²) in [5.41, 5.74) is 5.41. The van der Waals surface area contributed by atoms with Crippen LogP contribution >= 0.6 is 0 Å². The van der Waals surface area contributed by atoms with Gasteiger partial charge < -0.3 is 9.84 Å². The van der Waals surface area contributed by atoms with Gasteiger partial charge in [0, 0.05) is 0 Å². The summed E-state index contributed by atoms with van der Waals surface area (Å²) >= 11 is 0. The summed E-state index contributed by atoms with van der Waals surface area (Å²) in [5.74, 6) is 0.0470. The molecule has 0 radical (unpaired) electrons. The zero-order valence-electron chi connectivity index (χ0n) is 14.1. The van der Waals surface area contributed by atoms with Gasteiger partial charge in [-0.3, -0.25) is 4.79 Å². The summed E-state index contributed by atoms with van der Waals surface area (Å²) in [6.45, 7) is 4.10. The molecule has 122 valence electrons. The van der Waals surface area contributed by atoms with Crippen molar-refractivity contribution in [1.82, 2.24) is 0 Å². The molecule has 0 aromatic heterocycles. The van der Waals surface area contributed by atoms with Gasteiger partial charge in [0.2, 0.25) is 0 Å². The highest BCUT2D eigenvalue weighted by atomic mass is 16.5. The van der Waals surface area contributed by atoms with E-state index in [9.17, 15) is 4.79 Å². The first-order chi connectivity index (χ1) is 11.5. The smallest absolute Gasteiger partial charge is 0.307 e. The number of carboxylic acid groups (broad SMARTS) is 1. The molecule has 0 aliphatic carbocycles. The molecule has 3 nitrogen and oxygen atoms in total.